The molecule has 0 spiro atoms. The van der Waals surface area contributed by atoms with Crippen molar-refractivity contribution in [1.82, 2.24) is 5.32 Å². The highest BCUT2D eigenvalue weighted by Crippen LogP contribution is 2.38. The summed E-state index contributed by atoms with van der Waals surface area (Å²) in [5.74, 6) is -0.547. The van der Waals surface area contributed by atoms with Gasteiger partial charge in [-0.05, 0) is 83.1 Å². The number of quaternary nitrogens is 1. The number of ether oxygens (including phenoxy) is 1. The molecule has 0 heterocycles. The van der Waals surface area contributed by atoms with Gasteiger partial charge in [0, 0.05) is 12.8 Å². The zero-order valence-corrected chi connectivity index (χ0v) is 60.3. The van der Waals surface area contributed by atoms with Gasteiger partial charge in [-0.3, -0.25) is 14.2 Å². The van der Waals surface area contributed by atoms with Gasteiger partial charge in [-0.2, -0.15) is 0 Å². The van der Waals surface area contributed by atoms with Crippen LogP contribution >= 0.6 is 7.82 Å². The summed E-state index contributed by atoms with van der Waals surface area (Å²) in [6, 6.07) is -0.898. The largest absolute Gasteiger partial charge is 0.756 e. The number of carbonyl (C=O) groups excluding carboxylic acids is 2. The van der Waals surface area contributed by atoms with Crippen LogP contribution in [0.25, 0.3) is 0 Å². The fourth-order valence-electron chi connectivity index (χ4n) is 11.1. The summed E-state index contributed by atoms with van der Waals surface area (Å²) in [4.78, 5) is 40.2. The monoisotopic (exact) mass is 1270 g/mol. The minimum absolute atomic E-state index is 0.0263. The number of hydrogen-bond acceptors (Lipinski definition) is 7. The predicted molar refractivity (Wildman–Crippen MR) is 385 cm³/mol. The second-order valence-electron chi connectivity index (χ2n) is 26.8. The highest BCUT2D eigenvalue weighted by Gasteiger charge is 2.27. The summed E-state index contributed by atoms with van der Waals surface area (Å²) in [5.41, 5.74) is 0. The van der Waals surface area contributed by atoms with Crippen molar-refractivity contribution in [3.05, 3.63) is 85.1 Å². The number of rotatable bonds is 69. The van der Waals surface area contributed by atoms with E-state index in [4.69, 9.17) is 13.8 Å². The van der Waals surface area contributed by atoms with Crippen molar-refractivity contribution in [1.29, 1.82) is 0 Å². The van der Waals surface area contributed by atoms with E-state index in [1.807, 2.05) is 33.3 Å². The number of nitrogens with zero attached hydrogens (tertiary/aromatic N) is 1. The molecule has 0 aromatic carbocycles. The summed E-state index contributed by atoms with van der Waals surface area (Å²) in [6.07, 6.45) is 91.6. The molecule has 0 radical (unpaired) electrons. The highest BCUT2D eigenvalue weighted by atomic mass is 31.2. The van der Waals surface area contributed by atoms with Crippen LogP contribution in [-0.4, -0.2) is 69.4 Å². The topological polar surface area (TPSA) is 114 Å². The minimum atomic E-state index is -4.71. The smallest absolute Gasteiger partial charge is 0.306 e. The van der Waals surface area contributed by atoms with Crippen LogP contribution in [0.15, 0.2) is 85.1 Å². The third-order valence-corrected chi connectivity index (χ3v) is 17.8. The molecule has 1 amide bonds. The maximum Gasteiger partial charge on any atom is 0.306 e. The van der Waals surface area contributed by atoms with E-state index in [0.29, 0.717) is 23.9 Å². The molecule has 0 fully saturated rings. The fraction of sp³-hybridized carbons (Fsp3) is 0.797. The molecule has 0 aliphatic heterocycles. The van der Waals surface area contributed by atoms with Crippen LogP contribution in [-0.2, 0) is 27.9 Å². The maximum atomic E-state index is 13.6. The van der Waals surface area contributed by atoms with Crippen LogP contribution in [0.4, 0.5) is 0 Å². The van der Waals surface area contributed by atoms with Gasteiger partial charge in [0.2, 0.25) is 5.91 Å². The standard InChI is InChI=1S/C79H145N2O7P/c1-7-10-13-16-19-22-25-27-29-31-33-35-37-39-40-42-43-45-47-49-51-53-56-59-62-65-68-71-78(82)80-76(75-87-89(84,85)86-74-73-81(4,5)6)77(70-67-64-61-58-55-24-21-18-15-12-9-3)88-79(83)72-69-66-63-60-57-54-52-50-48-46-44-41-38-36-34-32-30-28-26-23-20-17-14-11-8-2/h11,14,20,23,28,30,34,36,41,44,48,50,67,70,76-77H,7-10,12-13,15-19,21-22,24-27,29,31-33,35,37-40,42-43,45-47,49,51-66,68-69,71-75H2,1-6H3,(H-,80,82,84,85)/b14-11-,23-20-,30-28-,36-34-,44-41-,50-48-,70-67+. The van der Waals surface area contributed by atoms with Crippen LogP contribution in [0.5, 0.6) is 0 Å². The Morgan fingerprint density at radius 1 is 0.404 bits per heavy atom. The summed E-state index contributed by atoms with van der Waals surface area (Å²) >= 11 is 0. The number of carbonyl (C=O) groups is 2. The van der Waals surface area contributed by atoms with E-state index in [9.17, 15) is 19.0 Å². The Morgan fingerprint density at radius 3 is 1.08 bits per heavy atom. The van der Waals surface area contributed by atoms with E-state index < -0.39 is 26.6 Å². The lowest BCUT2D eigenvalue weighted by atomic mass is 10.0. The Bertz CT molecular complexity index is 1800. The van der Waals surface area contributed by atoms with E-state index in [1.54, 1.807) is 0 Å². The second-order valence-corrected chi connectivity index (χ2v) is 28.2. The zero-order valence-electron chi connectivity index (χ0n) is 59.4. The molecular weight excluding hydrogens is 1120 g/mol. The molecule has 0 saturated heterocycles. The number of nitrogens with one attached hydrogen (secondary N) is 1. The highest BCUT2D eigenvalue weighted by molar-refractivity contribution is 7.45. The molecule has 0 aromatic rings. The lowest BCUT2D eigenvalue weighted by Crippen LogP contribution is -2.47. The molecule has 518 valence electrons. The molecule has 0 aliphatic carbocycles. The van der Waals surface area contributed by atoms with Crippen LogP contribution in [0.3, 0.4) is 0 Å². The van der Waals surface area contributed by atoms with Crippen LogP contribution in [0, 0.1) is 0 Å². The number of amides is 1. The Hall–Kier alpha value is -2.81. The Morgan fingerprint density at radius 2 is 0.719 bits per heavy atom. The summed E-state index contributed by atoms with van der Waals surface area (Å²) in [5, 5.41) is 3.05. The van der Waals surface area contributed by atoms with Crippen molar-refractivity contribution in [2.75, 3.05) is 40.9 Å². The van der Waals surface area contributed by atoms with Crippen LogP contribution < -0.4 is 10.2 Å². The van der Waals surface area contributed by atoms with Gasteiger partial charge in [-0.1, -0.05) is 344 Å². The number of phosphoric ester groups is 1. The van der Waals surface area contributed by atoms with Gasteiger partial charge in [0.25, 0.3) is 7.82 Å². The van der Waals surface area contributed by atoms with E-state index in [0.717, 1.165) is 116 Å². The van der Waals surface area contributed by atoms with Gasteiger partial charge >= 0.3 is 5.97 Å². The van der Waals surface area contributed by atoms with Crippen molar-refractivity contribution >= 4 is 19.7 Å². The van der Waals surface area contributed by atoms with E-state index >= 15 is 0 Å². The molecule has 0 rings (SSSR count). The molecule has 0 saturated carbocycles. The normalized spacial score (nSPS) is 13.9. The molecule has 0 bridgehead atoms. The first kappa shape index (κ1) is 86.2. The molecule has 3 unspecified atom stereocenters. The van der Waals surface area contributed by atoms with Crippen molar-refractivity contribution in [3.8, 4) is 0 Å². The Labute approximate surface area is 552 Å². The average molecular weight is 1270 g/mol. The maximum absolute atomic E-state index is 13.6. The lowest BCUT2D eigenvalue weighted by Gasteiger charge is -2.30. The van der Waals surface area contributed by atoms with Crippen LogP contribution in [0.1, 0.15) is 355 Å². The van der Waals surface area contributed by atoms with Crippen molar-refractivity contribution in [2.24, 2.45) is 0 Å². The van der Waals surface area contributed by atoms with Crippen LogP contribution in [0.2, 0.25) is 0 Å². The number of esters is 1. The molecule has 10 heteroatoms. The molecule has 9 nitrogen and oxygen atoms in total. The van der Waals surface area contributed by atoms with E-state index in [1.165, 1.54) is 199 Å². The third kappa shape index (κ3) is 69.4. The van der Waals surface area contributed by atoms with Gasteiger partial charge in [-0.15, -0.1) is 0 Å². The van der Waals surface area contributed by atoms with Gasteiger partial charge in [0.1, 0.15) is 19.3 Å². The number of likely N-dealkylation sites (N-methyl/N-ethyl adjacent to an activating group) is 1. The molecule has 0 aromatic heterocycles. The van der Waals surface area contributed by atoms with E-state index in [2.05, 4.69) is 99.0 Å². The van der Waals surface area contributed by atoms with Gasteiger partial charge in [0.15, 0.2) is 0 Å². The first-order chi connectivity index (χ1) is 43.4. The minimum Gasteiger partial charge on any atom is -0.756 e. The number of phosphoric acid groups is 1. The lowest BCUT2D eigenvalue weighted by molar-refractivity contribution is -0.870. The van der Waals surface area contributed by atoms with Gasteiger partial charge in [0.05, 0.1) is 33.8 Å². The average Bonchev–Trinajstić information content (AvgIpc) is 3.64. The predicted octanol–water partition coefficient (Wildman–Crippen LogP) is 23.8. The Kier molecular flexibility index (Phi) is 65.9. The summed E-state index contributed by atoms with van der Waals surface area (Å²) in [7, 11) is 1.18. The third-order valence-electron chi connectivity index (χ3n) is 16.8. The fourth-order valence-corrected chi connectivity index (χ4v) is 11.8. The molecule has 3 atom stereocenters. The number of unbranched alkanes of at least 4 members (excludes halogenated alkanes) is 41. The van der Waals surface area contributed by atoms with E-state index in [-0.39, 0.29) is 24.9 Å². The van der Waals surface area contributed by atoms with Gasteiger partial charge < -0.3 is 28.5 Å². The number of hydrogen-bond donors (Lipinski definition) is 1. The molecular formula is C79H145N2O7P. The first-order valence-corrected chi connectivity index (χ1v) is 39.4. The SMILES string of the molecule is CC/C=C\C/C=C\C/C=C\C/C=C\C/C=C\C/C=C\CCCCCCCCC(=O)OC(/C=C/CCCCCCCCCCC)C(COP(=O)([O-])OCC[N+](C)(C)C)NC(=O)CCCCCCCCCCCCCCCCCCCCCCCCCCCCC. The molecule has 0 aliphatic rings. The quantitative estimate of drug-likeness (QED) is 0.0212. The zero-order chi connectivity index (χ0) is 64.9. The van der Waals surface area contributed by atoms with Crippen molar-refractivity contribution in [2.45, 2.75) is 367 Å². The van der Waals surface area contributed by atoms with Gasteiger partial charge in [-0.25, -0.2) is 0 Å². The summed E-state index contributed by atoms with van der Waals surface area (Å²) < 4.78 is 30.5. The van der Waals surface area contributed by atoms with Crippen molar-refractivity contribution in [3.63, 3.8) is 0 Å². The Balaban J connectivity index is 4.96. The van der Waals surface area contributed by atoms with Crippen molar-refractivity contribution < 1.29 is 37.3 Å². The second kappa shape index (κ2) is 68.1. The first-order valence-electron chi connectivity index (χ1n) is 37.9. The summed E-state index contributed by atoms with van der Waals surface area (Å²) in [6.45, 7) is 6.76. The molecule has 1 N–H and O–H groups in total. The number of allylic oxidation sites excluding steroid dienone is 13. The molecule has 89 heavy (non-hydrogen) atoms.